The van der Waals surface area contributed by atoms with Gasteiger partial charge in [-0.3, -0.25) is 4.90 Å². The van der Waals surface area contributed by atoms with Gasteiger partial charge in [0.05, 0.1) is 12.7 Å². The number of hydrogen-bond acceptors (Lipinski definition) is 3. The molecule has 3 nitrogen and oxygen atoms in total. The molecule has 2 rings (SSSR count). The minimum atomic E-state index is 0.396. The largest absolute Gasteiger partial charge is 0.376 e. The highest BCUT2D eigenvalue weighted by Crippen LogP contribution is 2.39. The Balaban J connectivity index is 1.95. The minimum absolute atomic E-state index is 0.396. The van der Waals surface area contributed by atoms with E-state index in [1.165, 1.54) is 38.8 Å². The predicted molar refractivity (Wildman–Crippen MR) is 80.5 cm³/mol. The fourth-order valence-electron chi connectivity index (χ4n) is 3.56. The molecule has 0 radical (unpaired) electrons. The molecule has 112 valence electrons. The Kier molecular flexibility index (Phi) is 5.27. The first-order valence-electron chi connectivity index (χ1n) is 8.10. The molecule has 0 bridgehead atoms. The Morgan fingerprint density at radius 2 is 1.95 bits per heavy atom. The molecule has 0 aromatic heterocycles. The maximum atomic E-state index is 5.76. The molecule has 0 aromatic carbocycles. The van der Waals surface area contributed by atoms with Crippen molar-refractivity contribution in [2.45, 2.75) is 71.6 Å². The quantitative estimate of drug-likeness (QED) is 0.829. The van der Waals surface area contributed by atoms with Crippen LogP contribution in [0, 0.1) is 5.41 Å². The van der Waals surface area contributed by atoms with Crippen molar-refractivity contribution in [3.63, 3.8) is 0 Å². The second kappa shape index (κ2) is 6.55. The fourth-order valence-corrected chi connectivity index (χ4v) is 3.56. The molecule has 0 amide bonds. The lowest BCUT2D eigenvalue weighted by Crippen LogP contribution is -2.53. The lowest BCUT2D eigenvalue weighted by atomic mass is 9.84. The summed E-state index contributed by atoms with van der Waals surface area (Å²) < 4.78 is 5.76. The topological polar surface area (TPSA) is 24.5 Å². The summed E-state index contributed by atoms with van der Waals surface area (Å²) in [6.07, 6.45) is 6.01. The minimum Gasteiger partial charge on any atom is -0.376 e. The first-order chi connectivity index (χ1) is 9.01. The van der Waals surface area contributed by atoms with Crippen LogP contribution in [0.25, 0.3) is 0 Å². The van der Waals surface area contributed by atoms with E-state index in [1.54, 1.807) is 0 Å². The normalized spacial score (nSPS) is 32.1. The second-order valence-corrected chi connectivity index (χ2v) is 7.17. The van der Waals surface area contributed by atoms with E-state index in [1.807, 2.05) is 0 Å². The van der Waals surface area contributed by atoms with E-state index in [4.69, 9.17) is 4.74 Å². The highest BCUT2D eigenvalue weighted by molar-refractivity contribution is 4.92. The Hall–Kier alpha value is -0.120. The molecule has 19 heavy (non-hydrogen) atoms. The average Bonchev–Trinajstić information content (AvgIpc) is 2.81. The Morgan fingerprint density at radius 3 is 2.58 bits per heavy atom. The standard InChI is InChI=1S/C16H32N2O/c1-13(2)17-11-16(7-5-6-8-16)12-18-9-15(4)19-10-14(18)3/h13-15,17H,5-12H2,1-4H3. The molecule has 3 heteroatoms. The third-order valence-corrected chi connectivity index (χ3v) is 4.82. The van der Waals surface area contributed by atoms with Gasteiger partial charge in [0.25, 0.3) is 0 Å². The van der Waals surface area contributed by atoms with Gasteiger partial charge in [0.2, 0.25) is 0 Å². The number of rotatable bonds is 5. The Bertz CT molecular complexity index is 274. The van der Waals surface area contributed by atoms with Crippen molar-refractivity contribution < 1.29 is 4.74 Å². The summed E-state index contributed by atoms with van der Waals surface area (Å²) in [5.41, 5.74) is 0.510. The molecular formula is C16H32N2O. The zero-order valence-corrected chi connectivity index (χ0v) is 13.2. The molecule has 1 saturated carbocycles. The van der Waals surface area contributed by atoms with Gasteiger partial charge in [-0.05, 0) is 32.1 Å². The molecule has 2 atom stereocenters. The summed E-state index contributed by atoms with van der Waals surface area (Å²) >= 11 is 0. The van der Waals surface area contributed by atoms with Gasteiger partial charge in [0.1, 0.15) is 0 Å². The van der Waals surface area contributed by atoms with Crippen LogP contribution in [0.3, 0.4) is 0 Å². The molecule has 1 N–H and O–H groups in total. The van der Waals surface area contributed by atoms with Crippen molar-refractivity contribution in [2.75, 3.05) is 26.2 Å². The number of hydrogen-bond donors (Lipinski definition) is 1. The van der Waals surface area contributed by atoms with Crippen LogP contribution in [-0.2, 0) is 4.74 Å². The number of ether oxygens (including phenoxy) is 1. The SMILES string of the molecule is CC(C)NCC1(CN2CC(C)OCC2C)CCCC1. The van der Waals surface area contributed by atoms with Crippen molar-refractivity contribution in [3.05, 3.63) is 0 Å². The molecule has 1 aliphatic carbocycles. The van der Waals surface area contributed by atoms with Crippen LogP contribution in [0.15, 0.2) is 0 Å². The van der Waals surface area contributed by atoms with Crippen LogP contribution in [0.2, 0.25) is 0 Å². The predicted octanol–water partition coefficient (Wildman–Crippen LogP) is 2.65. The summed E-state index contributed by atoms with van der Waals surface area (Å²) in [5, 5.41) is 3.69. The van der Waals surface area contributed by atoms with Crippen LogP contribution >= 0.6 is 0 Å². The van der Waals surface area contributed by atoms with Crippen molar-refractivity contribution in [2.24, 2.45) is 5.41 Å². The molecule has 0 spiro atoms. The van der Waals surface area contributed by atoms with Crippen molar-refractivity contribution >= 4 is 0 Å². The van der Waals surface area contributed by atoms with Gasteiger partial charge < -0.3 is 10.1 Å². The number of morpholine rings is 1. The molecule has 1 saturated heterocycles. The first kappa shape index (κ1) is 15.3. The third kappa shape index (κ3) is 4.17. The lowest BCUT2D eigenvalue weighted by molar-refractivity contribution is -0.0627. The summed E-state index contributed by atoms with van der Waals surface area (Å²) in [4.78, 5) is 2.67. The lowest BCUT2D eigenvalue weighted by Gasteiger charge is -2.43. The van der Waals surface area contributed by atoms with Crippen LogP contribution < -0.4 is 5.32 Å². The summed E-state index contributed by atoms with van der Waals surface area (Å²) in [5.74, 6) is 0. The maximum absolute atomic E-state index is 5.76. The van der Waals surface area contributed by atoms with Gasteiger partial charge in [-0.2, -0.15) is 0 Å². The van der Waals surface area contributed by atoms with E-state index in [0.29, 0.717) is 23.6 Å². The van der Waals surface area contributed by atoms with E-state index in [-0.39, 0.29) is 0 Å². The monoisotopic (exact) mass is 268 g/mol. The summed E-state index contributed by atoms with van der Waals surface area (Å²) in [7, 11) is 0. The van der Waals surface area contributed by atoms with Gasteiger partial charge in [-0.15, -0.1) is 0 Å². The van der Waals surface area contributed by atoms with E-state index in [9.17, 15) is 0 Å². The van der Waals surface area contributed by atoms with Gasteiger partial charge in [-0.1, -0.05) is 26.7 Å². The zero-order chi connectivity index (χ0) is 13.9. The van der Waals surface area contributed by atoms with Crippen molar-refractivity contribution in [3.8, 4) is 0 Å². The van der Waals surface area contributed by atoms with E-state index in [0.717, 1.165) is 13.2 Å². The van der Waals surface area contributed by atoms with Crippen LogP contribution in [0.4, 0.5) is 0 Å². The molecule has 2 unspecified atom stereocenters. The van der Waals surface area contributed by atoms with E-state index in [2.05, 4.69) is 37.9 Å². The Morgan fingerprint density at radius 1 is 1.26 bits per heavy atom. The van der Waals surface area contributed by atoms with Crippen LogP contribution in [0.1, 0.15) is 53.4 Å². The highest BCUT2D eigenvalue weighted by Gasteiger charge is 2.37. The second-order valence-electron chi connectivity index (χ2n) is 7.17. The molecule has 2 fully saturated rings. The van der Waals surface area contributed by atoms with Gasteiger partial charge in [-0.25, -0.2) is 0 Å². The Labute approximate surface area is 119 Å². The smallest absolute Gasteiger partial charge is 0.0674 e. The van der Waals surface area contributed by atoms with E-state index < -0.39 is 0 Å². The molecule has 0 aromatic rings. The fraction of sp³-hybridized carbons (Fsp3) is 1.00. The average molecular weight is 268 g/mol. The summed E-state index contributed by atoms with van der Waals surface area (Å²) in [6, 6.07) is 1.17. The highest BCUT2D eigenvalue weighted by atomic mass is 16.5. The summed E-state index contributed by atoms with van der Waals surface area (Å²) in [6.45, 7) is 13.4. The molecular weight excluding hydrogens is 236 g/mol. The first-order valence-corrected chi connectivity index (χ1v) is 8.10. The molecule has 1 aliphatic heterocycles. The van der Waals surface area contributed by atoms with Gasteiger partial charge in [0.15, 0.2) is 0 Å². The molecule has 1 heterocycles. The zero-order valence-electron chi connectivity index (χ0n) is 13.2. The number of nitrogens with one attached hydrogen (secondary N) is 1. The third-order valence-electron chi connectivity index (χ3n) is 4.82. The number of nitrogens with zero attached hydrogens (tertiary/aromatic N) is 1. The van der Waals surface area contributed by atoms with Gasteiger partial charge in [0, 0.05) is 31.7 Å². The van der Waals surface area contributed by atoms with Crippen LogP contribution in [0.5, 0.6) is 0 Å². The van der Waals surface area contributed by atoms with Crippen molar-refractivity contribution in [1.82, 2.24) is 10.2 Å². The molecule has 2 aliphatic rings. The van der Waals surface area contributed by atoms with Crippen LogP contribution in [-0.4, -0.2) is 49.3 Å². The maximum Gasteiger partial charge on any atom is 0.0674 e. The van der Waals surface area contributed by atoms with Gasteiger partial charge >= 0.3 is 0 Å². The van der Waals surface area contributed by atoms with E-state index >= 15 is 0 Å². The van der Waals surface area contributed by atoms with Crippen molar-refractivity contribution in [1.29, 1.82) is 0 Å².